The zero-order valence-corrected chi connectivity index (χ0v) is 14.9. The third-order valence-electron chi connectivity index (χ3n) is 3.63. The van der Waals surface area contributed by atoms with Crippen molar-refractivity contribution in [3.8, 4) is 0 Å². The average molecular weight is 370 g/mol. The van der Waals surface area contributed by atoms with Gasteiger partial charge >= 0.3 is 0 Å². The van der Waals surface area contributed by atoms with Crippen LogP contribution in [0.4, 0.5) is 0 Å². The number of benzene rings is 1. The van der Waals surface area contributed by atoms with Crippen LogP contribution >= 0.6 is 0 Å². The predicted molar refractivity (Wildman–Crippen MR) is 91.3 cm³/mol. The van der Waals surface area contributed by atoms with E-state index in [2.05, 4.69) is 10.0 Å². The van der Waals surface area contributed by atoms with Crippen LogP contribution in [-0.4, -0.2) is 59.5 Å². The number of carbonyl (C=O) groups is 1. The topological polar surface area (TPSA) is 103 Å². The highest BCUT2D eigenvalue weighted by molar-refractivity contribution is 7.89. The number of hydrogen-bond acceptors (Lipinski definition) is 6. The first-order valence-corrected chi connectivity index (χ1v) is 9.31. The smallest absolute Gasteiger partial charge is 0.251 e. The van der Waals surface area contributed by atoms with Crippen molar-refractivity contribution in [3.05, 3.63) is 48.0 Å². The minimum atomic E-state index is -3.62. The molecule has 1 amide bonds. The Kier molecular flexibility index (Phi) is 6.68. The molecule has 0 spiro atoms. The SMILES string of the molecule is CO[C@@H]1C=C[C@](CNS(=O)(=O)CCNC(=O)c2ccccc2)(OC)O1. The molecule has 0 aromatic heterocycles. The molecule has 0 saturated carbocycles. The number of methoxy groups -OCH3 is 2. The summed E-state index contributed by atoms with van der Waals surface area (Å²) < 4.78 is 42.3. The molecule has 1 aromatic rings. The van der Waals surface area contributed by atoms with Gasteiger partial charge in [0, 0.05) is 26.3 Å². The second-order valence-electron chi connectivity index (χ2n) is 5.36. The molecular formula is C16H22N2O6S. The highest BCUT2D eigenvalue weighted by atomic mass is 32.2. The molecule has 8 nitrogen and oxygen atoms in total. The fourth-order valence-corrected chi connectivity index (χ4v) is 3.13. The van der Waals surface area contributed by atoms with Gasteiger partial charge in [-0.05, 0) is 24.3 Å². The van der Waals surface area contributed by atoms with Crippen molar-refractivity contribution in [1.29, 1.82) is 0 Å². The summed E-state index contributed by atoms with van der Waals surface area (Å²) in [7, 11) is -0.733. The van der Waals surface area contributed by atoms with E-state index >= 15 is 0 Å². The van der Waals surface area contributed by atoms with Gasteiger partial charge in [0.05, 0.1) is 12.3 Å². The van der Waals surface area contributed by atoms with Crippen LogP contribution in [0.1, 0.15) is 10.4 Å². The molecule has 25 heavy (non-hydrogen) atoms. The van der Waals surface area contributed by atoms with E-state index in [-0.39, 0.29) is 24.7 Å². The van der Waals surface area contributed by atoms with Crippen molar-refractivity contribution in [3.63, 3.8) is 0 Å². The maximum Gasteiger partial charge on any atom is 0.251 e. The van der Waals surface area contributed by atoms with Crippen molar-refractivity contribution in [1.82, 2.24) is 10.0 Å². The fraction of sp³-hybridized carbons (Fsp3) is 0.438. The molecule has 0 aliphatic carbocycles. The van der Waals surface area contributed by atoms with Gasteiger partial charge in [-0.15, -0.1) is 0 Å². The van der Waals surface area contributed by atoms with Gasteiger partial charge in [0.25, 0.3) is 5.91 Å². The summed E-state index contributed by atoms with van der Waals surface area (Å²) in [6, 6.07) is 8.57. The van der Waals surface area contributed by atoms with Crippen LogP contribution in [0.3, 0.4) is 0 Å². The molecule has 2 atom stereocenters. The monoisotopic (exact) mass is 370 g/mol. The zero-order valence-electron chi connectivity index (χ0n) is 14.1. The largest absolute Gasteiger partial charge is 0.352 e. The van der Waals surface area contributed by atoms with Gasteiger partial charge in [-0.25, -0.2) is 13.1 Å². The lowest BCUT2D eigenvalue weighted by atomic mass is 10.2. The van der Waals surface area contributed by atoms with Crippen molar-refractivity contribution in [2.75, 3.05) is 33.1 Å². The Morgan fingerprint density at radius 2 is 2.00 bits per heavy atom. The van der Waals surface area contributed by atoms with E-state index in [1.54, 1.807) is 42.5 Å². The van der Waals surface area contributed by atoms with Crippen molar-refractivity contribution < 1.29 is 27.4 Å². The molecule has 9 heteroatoms. The summed E-state index contributed by atoms with van der Waals surface area (Å²) in [6.07, 6.45) is 2.65. The summed E-state index contributed by atoms with van der Waals surface area (Å²) >= 11 is 0. The molecule has 1 heterocycles. The first-order chi connectivity index (χ1) is 11.9. The second kappa shape index (κ2) is 8.54. The van der Waals surface area contributed by atoms with Gasteiger partial charge in [-0.3, -0.25) is 4.79 Å². The number of rotatable bonds is 9. The molecule has 0 fully saturated rings. The number of nitrogens with one attached hydrogen (secondary N) is 2. The minimum Gasteiger partial charge on any atom is -0.352 e. The molecule has 138 valence electrons. The fourth-order valence-electron chi connectivity index (χ4n) is 2.19. The van der Waals surface area contributed by atoms with Crippen LogP contribution in [0.5, 0.6) is 0 Å². The van der Waals surface area contributed by atoms with Crippen LogP contribution in [0, 0.1) is 0 Å². The Morgan fingerprint density at radius 1 is 1.28 bits per heavy atom. The molecule has 1 aliphatic rings. The molecule has 0 bridgehead atoms. The minimum absolute atomic E-state index is 0.0135. The van der Waals surface area contributed by atoms with E-state index in [1.807, 2.05) is 0 Å². The van der Waals surface area contributed by atoms with Crippen LogP contribution in [0.2, 0.25) is 0 Å². The van der Waals surface area contributed by atoms with E-state index in [1.165, 1.54) is 14.2 Å². The van der Waals surface area contributed by atoms with Crippen molar-refractivity contribution in [2.24, 2.45) is 0 Å². The van der Waals surface area contributed by atoms with Gasteiger partial charge < -0.3 is 19.5 Å². The highest BCUT2D eigenvalue weighted by Crippen LogP contribution is 2.24. The first kappa shape index (κ1) is 19.5. The van der Waals surface area contributed by atoms with E-state index in [4.69, 9.17) is 14.2 Å². The third kappa shape index (κ3) is 5.62. The zero-order chi connectivity index (χ0) is 18.3. The van der Waals surface area contributed by atoms with E-state index in [0.29, 0.717) is 5.56 Å². The summed E-state index contributed by atoms with van der Waals surface area (Å²) in [5.41, 5.74) is 0.473. The van der Waals surface area contributed by atoms with Crippen molar-refractivity contribution >= 4 is 15.9 Å². The summed E-state index contributed by atoms with van der Waals surface area (Å²) in [6.45, 7) is -0.116. The lowest BCUT2D eigenvalue weighted by molar-refractivity contribution is -0.237. The quantitative estimate of drug-likeness (QED) is 0.604. The Bertz CT molecular complexity index is 707. The number of carbonyl (C=O) groups excluding carboxylic acids is 1. The third-order valence-corrected chi connectivity index (χ3v) is 4.96. The lowest BCUT2D eigenvalue weighted by Gasteiger charge is -2.27. The number of amides is 1. The van der Waals surface area contributed by atoms with Crippen molar-refractivity contribution in [2.45, 2.75) is 12.1 Å². The number of sulfonamides is 1. The van der Waals surface area contributed by atoms with E-state index in [9.17, 15) is 13.2 Å². The predicted octanol–water partition coefficient (Wildman–Crippen LogP) is 0.237. The standard InChI is InChI=1S/C16H22N2O6S/c1-22-14-8-9-16(23-2,24-14)12-18-25(20,21)11-10-17-15(19)13-6-4-3-5-7-13/h3-9,14,18H,10-12H2,1-2H3,(H,17,19)/t14-,16-/m0/s1. The van der Waals surface area contributed by atoms with Crippen LogP contribution < -0.4 is 10.0 Å². The molecule has 0 saturated heterocycles. The van der Waals surface area contributed by atoms with E-state index in [0.717, 1.165) is 0 Å². The first-order valence-electron chi connectivity index (χ1n) is 7.65. The van der Waals surface area contributed by atoms with E-state index < -0.39 is 22.1 Å². The normalized spacial score (nSPS) is 22.9. The maximum absolute atomic E-state index is 12.1. The lowest BCUT2D eigenvalue weighted by Crippen LogP contribution is -2.46. The second-order valence-corrected chi connectivity index (χ2v) is 7.29. The van der Waals surface area contributed by atoms with Gasteiger partial charge in [0.2, 0.25) is 15.8 Å². The Hall–Kier alpha value is -1.78. The summed E-state index contributed by atoms with van der Waals surface area (Å²) in [5.74, 6) is -1.79. The summed E-state index contributed by atoms with van der Waals surface area (Å²) in [4.78, 5) is 11.9. The number of hydrogen-bond donors (Lipinski definition) is 2. The van der Waals surface area contributed by atoms with Crippen LogP contribution in [0.15, 0.2) is 42.5 Å². The molecule has 0 radical (unpaired) electrons. The molecule has 1 aromatic carbocycles. The van der Waals surface area contributed by atoms with Gasteiger partial charge in [0.15, 0.2) is 6.29 Å². The summed E-state index contributed by atoms with van der Waals surface area (Å²) in [5, 5.41) is 2.57. The molecule has 0 unspecified atom stereocenters. The van der Waals surface area contributed by atoms with Crippen LogP contribution in [0.25, 0.3) is 0 Å². The molecule has 1 aliphatic heterocycles. The molecule has 2 rings (SSSR count). The molecular weight excluding hydrogens is 348 g/mol. The van der Waals surface area contributed by atoms with Gasteiger partial charge in [-0.2, -0.15) is 0 Å². The maximum atomic E-state index is 12.1. The Balaban J connectivity index is 1.80. The van der Waals surface area contributed by atoms with Crippen LogP contribution in [-0.2, 0) is 24.2 Å². The number of ether oxygens (including phenoxy) is 3. The Labute approximate surface area is 147 Å². The highest BCUT2D eigenvalue weighted by Gasteiger charge is 2.36. The average Bonchev–Trinajstić information content (AvgIpc) is 3.05. The molecule has 2 N–H and O–H groups in total. The van der Waals surface area contributed by atoms with Gasteiger partial charge in [-0.1, -0.05) is 18.2 Å². The Morgan fingerprint density at radius 3 is 2.60 bits per heavy atom. The van der Waals surface area contributed by atoms with Gasteiger partial charge in [0.1, 0.15) is 0 Å².